The Labute approximate surface area is 113 Å². The monoisotopic (exact) mass is 350 g/mol. The molecule has 5 heteroatoms. The van der Waals surface area contributed by atoms with E-state index in [9.17, 15) is 4.79 Å². The first-order valence-corrected chi connectivity index (χ1v) is 7.44. The van der Waals surface area contributed by atoms with Crippen LogP contribution in [0.2, 0.25) is 0 Å². The third-order valence-corrected chi connectivity index (χ3v) is 4.63. The van der Waals surface area contributed by atoms with Crippen molar-refractivity contribution in [2.24, 2.45) is 5.92 Å². The fraction of sp³-hybridized carbons (Fsp3) is 0.545. The van der Waals surface area contributed by atoms with E-state index in [1.807, 2.05) is 11.4 Å². The summed E-state index contributed by atoms with van der Waals surface area (Å²) in [6, 6.07) is 1.93. The van der Waals surface area contributed by atoms with Crippen molar-refractivity contribution in [1.29, 1.82) is 0 Å². The summed E-state index contributed by atoms with van der Waals surface area (Å²) in [7, 11) is 0. The molecular formula is C11H15IN2OS. The summed E-state index contributed by atoms with van der Waals surface area (Å²) < 4.78 is 1.16. The van der Waals surface area contributed by atoms with Gasteiger partial charge in [-0.25, -0.2) is 0 Å². The normalized spacial score (nSPS) is 17.3. The van der Waals surface area contributed by atoms with Crippen LogP contribution < -0.4 is 10.6 Å². The molecule has 1 aliphatic heterocycles. The molecule has 0 bridgehead atoms. The molecule has 16 heavy (non-hydrogen) atoms. The Bertz CT molecular complexity index is 361. The van der Waals surface area contributed by atoms with Crippen molar-refractivity contribution < 1.29 is 4.79 Å². The number of hydrogen-bond acceptors (Lipinski definition) is 3. The molecule has 1 aromatic heterocycles. The molecule has 0 unspecified atom stereocenters. The Kier molecular flexibility index (Phi) is 4.60. The maximum Gasteiger partial charge on any atom is 0.252 e. The summed E-state index contributed by atoms with van der Waals surface area (Å²) in [5.41, 5.74) is 0.795. The van der Waals surface area contributed by atoms with Crippen LogP contribution >= 0.6 is 33.9 Å². The van der Waals surface area contributed by atoms with Crippen molar-refractivity contribution in [1.82, 2.24) is 10.6 Å². The lowest BCUT2D eigenvalue weighted by atomic mass is 9.98. The van der Waals surface area contributed by atoms with Gasteiger partial charge in [-0.05, 0) is 60.5 Å². The van der Waals surface area contributed by atoms with E-state index in [-0.39, 0.29) is 5.91 Å². The highest BCUT2D eigenvalue weighted by Gasteiger charge is 2.14. The van der Waals surface area contributed by atoms with Crippen molar-refractivity contribution in [2.45, 2.75) is 12.8 Å². The summed E-state index contributed by atoms with van der Waals surface area (Å²) in [6.45, 7) is 2.97. The van der Waals surface area contributed by atoms with Crippen molar-refractivity contribution in [3.8, 4) is 0 Å². The van der Waals surface area contributed by atoms with E-state index in [2.05, 4.69) is 33.2 Å². The minimum absolute atomic E-state index is 0.0673. The van der Waals surface area contributed by atoms with Gasteiger partial charge >= 0.3 is 0 Å². The fourth-order valence-electron chi connectivity index (χ4n) is 1.85. The molecule has 1 aromatic rings. The second kappa shape index (κ2) is 5.97. The van der Waals surface area contributed by atoms with Crippen molar-refractivity contribution in [3.05, 3.63) is 19.9 Å². The van der Waals surface area contributed by atoms with E-state index in [1.54, 1.807) is 11.3 Å². The van der Waals surface area contributed by atoms with Crippen LogP contribution in [0.25, 0.3) is 0 Å². The molecule has 3 nitrogen and oxygen atoms in total. The number of hydrogen-bond donors (Lipinski definition) is 2. The van der Waals surface area contributed by atoms with Gasteiger partial charge in [-0.1, -0.05) is 0 Å². The second-order valence-corrected chi connectivity index (χ2v) is 6.85. The quantitative estimate of drug-likeness (QED) is 0.820. The van der Waals surface area contributed by atoms with Crippen LogP contribution in [0.1, 0.15) is 23.2 Å². The average molecular weight is 350 g/mol. The first kappa shape index (κ1) is 12.3. The van der Waals surface area contributed by atoms with Gasteiger partial charge in [-0.2, -0.15) is 0 Å². The van der Waals surface area contributed by atoms with Gasteiger partial charge in [0.2, 0.25) is 0 Å². The van der Waals surface area contributed by atoms with Gasteiger partial charge in [0.05, 0.1) is 8.45 Å². The smallest absolute Gasteiger partial charge is 0.252 e. The summed E-state index contributed by atoms with van der Waals surface area (Å²) in [5, 5.41) is 8.26. The number of carbonyl (C=O) groups is 1. The molecule has 0 radical (unpaired) electrons. The molecular weight excluding hydrogens is 335 g/mol. The highest BCUT2D eigenvalue weighted by Crippen LogP contribution is 2.16. The van der Waals surface area contributed by atoms with E-state index in [4.69, 9.17) is 0 Å². The number of carbonyl (C=O) groups excluding carboxylic acids is 1. The van der Waals surface area contributed by atoms with Crippen LogP contribution in [0.5, 0.6) is 0 Å². The molecule has 2 N–H and O–H groups in total. The van der Waals surface area contributed by atoms with Gasteiger partial charge in [0.15, 0.2) is 0 Å². The number of amides is 1. The van der Waals surface area contributed by atoms with E-state index >= 15 is 0 Å². The summed E-state index contributed by atoms with van der Waals surface area (Å²) >= 11 is 3.85. The molecule has 1 saturated heterocycles. The number of thiophene rings is 1. The third-order valence-electron chi connectivity index (χ3n) is 2.84. The second-order valence-electron chi connectivity index (χ2n) is 4.04. The van der Waals surface area contributed by atoms with Crippen molar-refractivity contribution in [2.75, 3.05) is 19.6 Å². The van der Waals surface area contributed by atoms with E-state index in [0.29, 0.717) is 5.92 Å². The minimum Gasteiger partial charge on any atom is -0.352 e. The molecule has 0 aliphatic carbocycles. The molecule has 1 fully saturated rings. The number of nitrogens with one attached hydrogen (secondary N) is 2. The largest absolute Gasteiger partial charge is 0.352 e. The Hall–Kier alpha value is -0.140. The third kappa shape index (κ3) is 3.43. The van der Waals surface area contributed by atoms with Gasteiger partial charge < -0.3 is 10.6 Å². The SMILES string of the molecule is O=C(NCC1CCNCC1)c1csc(I)c1. The van der Waals surface area contributed by atoms with Gasteiger partial charge in [-0.3, -0.25) is 4.79 Å². The Balaban J connectivity index is 1.79. The maximum absolute atomic E-state index is 11.8. The van der Waals surface area contributed by atoms with Crippen LogP contribution in [-0.4, -0.2) is 25.5 Å². The van der Waals surface area contributed by atoms with Crippen molar-refractivity contribution >= 4 is 39.8 Å². The highest BCUT2D eigenvalue weighted by atomic mass is 127. The Morgan fingerprint density at radius 3 is 2.94 bits per heavy atom. The van der Waals surface area contributed by atoms with Gasteiger partial charge in [0, 0.05) is 11.9 Å². The predicted molar refractivity (Wildman–Crippen MR) is 75.0 cm³/mol. The fourth-order valence-corrected chi connectivity index (χ4v) is 3.18. The van der Waals surface area contributed by atoms with Gasteiger partial charge in [0.1, 0.15) is 0 Å². The zero-order chi connectivity index (χ0) is 11.4. The van der Waals surface area contributed by atoms with E-state index in [0.717, 1.165) is 28.1 Å². The van der Waals surface area contributed by atoms with Gasteiger partial charge in [0.25, 0.3) is 5.91 Å². The first-order chi connectivity index (χ1) is 7.75. The Morgan fingerprint density at radius 2 is 2.31 bits per heavy atom. The van der Waals surface area contributed by atoms with Crippen LogP contribution in [0, 0.1) is 8.80 Å². The lowest BCUT2D eigenvalue weighted by molar-refractivity contribution is 0.0944. The number of rotatable bonds is 3. The Morgan fingerprint density at radius 1 is 1.56 bits per heavy atom. The molecule has 1 amide bonds. The molecule has 0 spiro atoms. The molecule has 88 valence electrons. The predicted octanol–water partition coefficient (Wildman–Crippen LogP) is 2.08. The summed E-state index contributed by atoms with van der Waals surface area (Å²) in [5.74, 6) is 0.709. The van der Waals surface area contributed by atoms with E-state index < -0.39 is 0 Å². The molecule has 0 atom stereocenters. The molecule has 2 heterocycles. The van der Waals surface area contributed by atoms with Crippen molar-refractivity contribution in [3.63, 3.8) is 0 Å². The zero-order valence-electron chi connectivity index (χ0n) is 8.96. The highest BCUT2D eigenvalue weighted by molar-refractivity contribution is 14.1. The molecule has 2 rings (SSSR count). The minimum atomic E-state index is 0.0673. The van der Waals surface area contributed by atoms with Gasteiger partial charge in [-0.15, -0.1) is 11.3 Å². The maximum atomic E-state index is 11.8. The molecule has 0 aromatic carbocycles. The molecule has 1 aliphatic rings. The standard InChI is InChI=1S/C11H15IN2OS/c12-10-5-9(7-16-10)11(15)14-6-8-1-3-13-4-2-8/h5,7-8,13H,1-4,6H2,(H,14,15). The molecule has 0 saturated carbocycles. The number of piperidine rings is 1. The van der Waals surface area contributed by atoms with Crippen LogP contribution in [-0.2, 0) is 0 Å². The van der Waals surface area contributed by atoms with Crippen LogP contribution in [0.3, 0.4) is 0 Å². The lowest BCUT2D eigenvalue weighted by Crippen LogP contribution is -2.35. The van der Waals surface area contributed by atoms with Crippen LogP contribution in [0.4, 0.5) is 0 Å². The lowest BCUT2D eigenvalue weighted by Gasteiger charge is -2.22. The number of halogens is 1. The zero-order valence-corrected chi connectivity index (χ0v) is 11.9. The first-order valence-electron chi connectivity index (χ1n) is 5.48. The van der Waals surface area contributed by atoms with Crippen LogP contribution in [0.15, 0.2) is 11.4 Å². The van der Waals surface area contributed by atoms with E-state index in [1.165, 1.54) is 12.8 Å². The topological polar surface area (TPSA) is 41.1 Å². The summed E-state index contributed by atoms with van der Waals surface area (Å²) in [4.78, 5) is 11.8. The summed E-state index contributed by atoms with van der Waals surface area (Å²) in [6.07, 6.45) is 2.34. The average Bonchev–Trinajstić information content (AvgIpc) is 2.74.